The third kappa shape index (κ3) is 3.34. The Morgan fingerprint density at radius 3 is 2.53 bits per heavy atom. The Morgan fingerprint density at radius 2 is 1.89 bits per heavy atom. The summed E-state index contributed by atoms with van der Waals surface area (Å²) in [7, 11) is 0. The fraction of sp³-hybridized carbons (Fsp3) is 0.133. The second-order valence-corrected chi connectivity index (χ2v) is 4.74. The maximum Gasteiger partial charge on any atom is 0.249 e. The Morgan fingerprint density at radius 1 is 1.21 bits per heavy atom. The fourth-order valence-electron chi connectivity index (χ4n) is 1.98. The van der Waals surface area contributed by atoms with Crippen molar-refractivity contribution in [1.82, 2.24) is 0 Å². The van der Waals surface area contributed by atoms with Gasteiger partial charge in [-0.2, -0.15) is 0 Å². The van der Waals surface area contributed by atoms with Gasteiger partial charge in [0.1, 0.15) is 0 Å². The van der Waals surface area contributed by atoms with Crippen LogP contribution in [0, 0.1) is 0 Å². The number of amides is 1. The highest BCUT2D eigenvalue weighted by molar-refractivity contribution is 6.30. The first-order valence-electron chi connectivity index (χ1n) is 5.89. The van der Waals surface area contributed by atoms with Gasteiger partial charge in [0.05, 0.1) is 6.10 Å². The molecule has 0 heterocycles. The van der Waals surface area contributed by atoms with Gasteiger partial charge in [-0.3, -0.25) is 4.79 Å². The number of nitrogens with two attached hydrogens (primary N) is 1. The van der Waals surface area contributed by atoms with Crippen molar-refractivity contribution in [2.24, 2.45) is 5.73 Å². The van der Waals surface area contributed by atoms with Crippen LogP contribution in [-0.4, -0.2) is 11.0 Å². The minimum Gasteiger partial charge on any atom is -0.388 e. The van der Waals surface area contributed by atoms with Crippen molar-refractivity contribution in [3.05, 3.63) is 70.2 Å². The number of benzene rings is 2. The van der Waals surface area contributed by atoms with Crippen molar-refractivity contribution >= 4 is 17.5 Å². The molecule has 98 valence electrons. The molecule has 0 aliphatic carbocycles. The molecule has 0 saturated carbocycles. The average molecular weight is 276 g/mol. The first-order chi connectivity index (χ1) is 9.08. The summed E-state index contributed by atoms with van der Waals surface area (Å²) in [6, 6.07) is 14.2. The number of carbonyl (C=O) groups is 1. The summed E-state index contributed by atoms with van der Waals surface area (Å²) in [6.45, 7) is 0. The van der Waals surface area contributed by atoms with E-state index in [1.165, 1.54) is 6.07 Å². The molecule has 1 amide bonds. The zero-order valence-corrected chi connectivity index (χ0v) is 11.0. The molecule has 0 aromatic heterocycles. The molecule has 0 spiro atoms. The average Bonchev–Trinajstić information content (AvgIpc) is 2.39. The monoisotopic (exact) mass is 275 g/mol. The topological polar surface area (TPSA) is 63.3 Å². The lowest BCUT2D eigenvalue weighted by Crippen LogP contribution is -2.16. The van der Waals surface area contributed by atoms with Crippen molar-refractivity contribution in [2.75, 3.05) is 0 Å². The largest absolute Gasteiger partial charge is 0.388 e. The van der Waals surface area contributed by atoms with Crippen LogP contribution in [0.5, 0.6) is 0 Å². The maximum absolute atomic E-state index is 11.4. The summed E-state index contributed by atoms with van der Waals surface area (Å²) in [4.78, 5) is 11.4. The van der Waals surface area contributed by atoms with Crippen LogP contribution in [0.25, 0.3) is 0 Å². The number of aliphatic hydroxyl groups is 1. The molecule has 0 saturated heterocycles. The molecule has 2 aromatic rings. The van der Waals surface area contributed by atoms with Crippen LogP contribution in [0.1, 0.15) is 27.6 Å². The van der Waals surface area contributed by atoms with Crippen LogP contribution < -0.4 is 5.73 Å². The molecule has 0 aliphatic rings. The number of rotatable bonds is 4. The summed E-state index contributed by atoms with van der Waals surface area (Å²) in [5.41, 5.74) is 7.04. The second-order valence-electron chi connectivity index (χ2n) is 4.30. The summed E-state index contributed by atoms with van der Waals surface area (Å²) in [5.74, 6) is -0.571. The van der Waals surface area contributed by atoms with Crippen molar-refractivity contribution < 1.29 is 9.90 Å². The molecule has 0 aliphatic heterocycles. The minimum atomic E-state index is -0.816. The van der Waals surface area contributed by atoms with Crippen LogP contribution >= 0.6 is 11.6 Å². The molecule has 0 fully saturated rings. The summed E-state index contributed by atoms with van der Waals surface area (Å²) < 4.78 is 0. The minimum absolute atomic E-state index is 0.299. The van der Waals surface area contributed by atoms with Gasteiger partial charge in [0.25, 0.3) is 0 Å². The highest BCUT2D eigenvalue weighted by atomic mass is 35.5. The molecule has 3 nitrogen and oxygen atoms in total. The summed E-state index contributed by atoms with van der Waals surface area (Å²) >= 11 is 5.91. The molecular weight excluding hydrogens is 262 g/mol. The predicted molar refractivity (Wildman–Crippen MR) is 75.1 cm³/mol. The molecule has 0 bridgehead atoms. The molecule has 1 atom stereocenters. The van der Waals surface area contributed by atoms with Crippen molar-refractivity contribution in [3.63, 3.8) is 0 Å². The molecule has 1 unspecified atom stereocenters. The van der Waals surface area contributed by atoms with E-state index >= 15 is 0 Å². The number of primary amides is 1. The van der Waals surface area contributed by atoms with Gasteiger partial charge in [0.2, 0.25) is 5.91 Å². The molecule has 2 aromatic carbocycles. The van der Waals surface area contributed by atoms with E-state index in [1.54, 1.807) is 12.1 Å². The number of hydrogen-bond donors (Lipinski definition) is 2. The molecule has 19 heavy (non-hydrogen) atoms. The molecule has 0 radical (unpaired) electrons. The lowest BCUT2D eigenvalue weighted by Gasteiger charge is -2.14. The zero-order valence-electron chi connectivity index (χ0n) is 10.2. The molecule has 4 heteroatoms. The highest BCUT2D eigenvalue weighted by Crippen LogP contribution is 2.25. The van der Waals surface area contributed by atoms with Gasteiger partial charge in [-0.25, -0.2) is 0 Å². The van der Waals surface area contributed by atoms with Crippen LogP contribution in [-0.2, 0) is 6.42 Å². The Labute approximate surface area is 116 Å². The Bertz CT molecular complexity index is 584. The van der Waals surface area contributed by atoms with E-state index in [0.29, 0.717) is 22.6 Å². The van der Waals surface area contributed by atoms with Gasteiger partial charge in [-0.05, 0) is 29.3 Å². The molecule has 3 N–H and O–H groups in total. The second kappa shape index (κ2) is 5.87. The van der Waals surface area contributed by atoms with Crippen molar-refractivity contribution in [3.8, 4) is 0 Å². The quantitative estimate of drug-likeness (QED) is 0.901. The van der Waals surface area contributed by atoms with Crippen LogP contribution in [0.2, 0.25) is 5.02 Å². The first kappa shape index (κ1) is 13.6. The number of aliphatic hydroxyl groups excluding tert-OH is 1. The number of hydrogen-bond acceptors (Lipinski definition) is 2. The smallest absolute Gasteiger partial charge is 0.249 e. The van der Waals surface area contributed by atoms with Crippen LogP contribution in [0.4, 0.5) is 0 Å². The molecule has 2 rings (SSSR count). The van der Waals surface area contributed by atoms with Gasteiger partial charge < -0.3 is 10.8 Å². The van der Waals surface area contributed by atoms with E-state index < -0.39 is 12.0 Å². The fourth-order valence-corrected chi connectivity index (χ4v) is 2.16. The highest BCUT2D eigenvalue weighted by Gasteiger charge is 2.16. The van der Waals surface area contributed by atoms with Gasteiger partial charge >= 0.3 is 0 Å². The van der Waals surface area contributed by atoms with Gasteiger partial charge in [0.15, 0.2) is 0 Å². The first-order valence-corrected chi connectivity index (χ1v) is 6.27. The van der Waals surface area contributed by atoms with E-state index in [9.17, 15) is 9.90 Å². The number of halogens is 1. The third-order valence-corrected chi connectivity index (χ3v) is 3.15. The lowest BCUT2D eigenvalue weighted by molar-refractivity contribution is 0.0992. The lowest BCUT2D eigenvalue weighted by atomic mass is 9.97. The Hall–Kier alpha value is -1.84. The standard InChI is InChI=1S/C15H14ClNO2/c16-11-6-7-12(15(17)19)13(9-11)14(18)8-10-4-2-1-3-5-10/h1-7,9,14,18H,8H2,(H2,17,19). The zero-order chi connectivity index (χ0) is 13.8. The van der Waals surface area contributed by atoms with Gasteiger partial charge in [-0.1, -0.05) is 41.9 Å². The van der Waals surface area contributed by atoms with Gasteiger partial charge in [0, 0.05) is 17.0 Å². The van der Waals surface area contributed by atoms with E-state index in [-0.39, 0.29) is 0 Å². The maximum atomic E-state index is 11.4. The molecular formula is C15H14ClNO2. The SMILES string of the molecule is NC(=O)c1ccc(Cl)cc1C(O)Cc1ccccc1. The van der Waals surface area contributed by atoms with E-state index in [1.807, 2.05) is 30.3 Å². The summed E-state index contributed by atoms with van der Waals surface area (Å²) in [5, 5.41) is 10.7. The van der Waals surface area contributed by atoms with Gasteiger partial charge in [-0.15, -0.1) is 0 Å². The van der Waals surface area contributed by atoms with Crippen LogP contribution in [0.3, 0.4) is 0 Å². The third-order valence-electron chi connectivity index (χ3n) is 2.91. The van der Waals surface area contributed by atoms with Crippen molar-refractivity contribution in [2.45, 2.75) is 12.5 Å². The van der Waals surface area contributed by atoms with Crippen LogP contribution in [0.15, 0.2) is 48.5 Å². The number of carbonyl (C=O) groups excluding carboxylic acids is 1. The van der Waals surface area contributed by atoms with E-state index in [4.69, 9.17) is 17.3 Å². The normalized spacial score (nSPS) is 12.1. The predicted octanol–water partition coefficient (Wildman–Crippen LogP) is 2.72. The summed E-state index contributed by atoms with van der Waals surface area (Å²) in [6.07, 6.45) is -0.412. The Balaban J connectivity index is 2.30. The Kier molecular flexibility index (Phi) is 4.20. The van der Waals surface area contributed by atoms with E-state index in [0.717, 1.165) is 5.56 Å². The van der Waals surface area contributed by atoms with Crippen molar-refractivity contribution in [1.29, 1.82) is 0 Å². The van der Waals surface area contributed by atoms with E-state index in [2.05, 4.69) is 0 Å².